The van der Waals surface area contributed by atoms with Crippen LogP contribution >= 0.6 is 0 Å². The molecule has 4 aliphatic heterocycles. The van der Waals surface area contributed by atoms with Gasteiger partial charge in [0.25, 0.3) is 5.91 Å². The fourth-order valence-corrected chi connectivity index (χ4v) is 8.04. The van der Waals surface area contributed by atoms with Crippen LogP contribution < -0.4 is 9.64 Å². The molecule has 2 amide bonds. The number of anilines is 1. The van der Waals surface area contributed by atoms with Crippen molar-refractivity contribution in [3.05, 3.63) is 54.3 Å². The number of aromatic nitrogens is 2. The average Bonchev–Trinajstić information content (AvgIpc) is 2.97. The van der Waals surface area contributed by atoms with Crippen LogP contribution in [0.2, 0.25) is 0 Å². The smallest absolute Gasteiger partial charge is 0.258 e. The van der Waals surface area contributed by atoms with Crippen molar-refractivity contribution in [3.63, 3.8) is 0 Å². The van der Waals surface area contributed by atoms with Crippen LogP contribution in [0.15, 0.2) is 42.9 Å². The van der Waals surface area contributed by atoms with Crippen LogP contribution in [0.4, 0.5) is 10.2 Å². The van der Waals surface area contributed by atoms with Crippen LogP contribution in [0.25, 0.3) is 0 Å². The molecule has 1 spiro atoms. The second-order valence-corrected chi connectivity index (χ2v) is 13.8. The summed E-state index contributed by atoms with van der Waals surface area (Å²) in [7, 11) is 2.11. The van der Waals surface area contributed by atoms with Gasteiger partial charge < -0.3 is 19.4 Å². The first-order valence-corrected chi connectivity index (χ1v) is 16.0. The van der Waals surface area contributed by atoms with E-state index in [1.54, 1.807) is 11.1 Å². The summed E-state index contributed by atoms with van der Waals surface area (Å²) in [4.78, 5) is 44.2. The average molecular weight is 605 g/mol. The van der Waals surface area contributed by atoms with Gasteiger partial charge in [0.15, 0.2) is 11.6 Å². The number of piperidine rings is 3. The number of benzene rings is 1. The van der Waals surface area contributed by atoms with Crippen molar-refractivity contribution >= 4 is 17.6 Å². The monoisotopic (exact) mass is 604 g/mol. The number of hydrogen-bond acceptors (Lipinski definition) is 7. The molecule has 9 nitrogen and oxygen atoms in total. The first-order chi connectivity index (χ1) is 21.0. The number of fused-ring (bicyclic) bond motifs is 3. The van der Waals surface area contributed by atoms with Crippen molar-refractivity contribution in [1.82, 2.24) is 24.7 Å². The summed E-state index contributed by atoms with van der Waals surface area (Å²) >= 11 is 0. The summed E-state index contributed by atoms with van der Waals surface area (Å²) in [5, 5.41) is 0. The van der Waals surface area contributed by atoms with E-state index < -0.39 is 5.82 Å². The van der Waals surface area contributed by atoms with E-state index >= 15 is 0 Å². The maximum Gasteiger partial charge on any atom is 0.258 e. The van der Waals surface area contributed by atoms with E-state index in [0.717, 1.165) is 58.3 Å². The maximum absolute atomic E-state index is 14.4. The molecule has 236 valence electrons. The highest BCUT2D eigenvalue weighted by Gasteiger charge is 2.50. The van der Waals surface area contributed by atoms with Gasteiger partial charge in [-0.05, 0) is 85.0 Å². The van der Waals surface area contributed by atoms with Gasteiger partial charge in [0.1, 0.15) is 17.9 Å². The van der Waals surface area contributed by atoms with E-state index in [1.165, 1.54) is 30.1 Å². The molecule has 7 rings (SSSR count). The third-order valence-electron chi connectivity index (χ3n) is 10.4. The normalized spacial score (nSPS) is 24.6. The Balaban J connectivity index is 1.12. The summed E-state index contributed by atoms with van der Waals surface area (Å²) in [6, 6.07) is 4.27. The fraction of sp³-hybridized carbons (Fsp3) is 0.588. The highest BCUT2D eigenvalue weighted by Crippen LogP contribution is 2.46. The Bertz CT molecular complexity index is 1420. The molecule has 1 saturated carbocycles. The van der Waals surface area contributed by atoms with Crippen LogP contribution in [-0.2, 0) is 4.79 Å². The van der Waals surface area contributed by atoms with Gasteiger partial charge >= 0.3 is 0 Å². The number of carbonyl (C=O) groups excluding carboxylic acids is 2. The molecule has 1 aliphatic carbocycles. The number of hydrogen-bond donors (Lipinski definition) is 0. The lowest BCUT2D eigenvalue weighted by atomic mass is 9.70. The molecule has 1 unspecified atom stereocenters. The minimum atomic E-state index is -0.500. The van der Waals surface area contributed by atoms with Crippen molar-refractivity contribution in [1.29, 1.82) is 0 Å². The highest BCUT2D eigenvalue weighted by molar-refractivity contribution is 5.97. The van der Waals surface area contributed by atoms with Crippen LogP contribution in [0.1, 0.15) is 70.2 Å². The van der Waals surface area contributed by atoms with E-state index in [9.17, 15) is 14.0 Å². The van der Waals surface area contributed by atoms with Gasteiger partial charge in [0.05, 0.1) is 17.8 Å². The number of nitrogens with zero attached hydrogens (tertiary/aromatic N) is 6. The van der Waals surface area contributed by atoms with Gasteiger partial charge in [-0.1, -0.05) is 12.2 Å². The van der Waals surface area contributed by atoms with E-state index in [2.05, 4.69) is 38.3 Å². The van der Waals surface area contributed by atoms with Gasteiger partial charge in [0.2, 0.25) is 5.91 Å². The maximum atomic E-state index is 14.4. The van der Waals surface area contributed by atoms with E-state index in [0.29, 0.717) is 17.6 Å². The highest BCUT2D eigenvalue weighted by atomic mass is 19.1. The second kappa shape index (κ2) is 11.8. The Morgan fingerprint density at radius 1 is 1.09 bits per heavy atom. The van der Waals surface area contributed by atoms with Crippen LogP contribution in [0, 0.1) is 17.2 Å². The molecule has 0 N–H and O–H groups in total. The number of amides is 2. The zero-order valence-corrected chi connectivity index (χ0v) is 26.6. The Hall–Kier alpha value is -3.53. The molecule has 5 aliphatic rings. The molecule has 2 aromatic rings. The lowest BCUT2D eigenvalue weighted by molar-refractivity contribution is -0.145. The molecule has 1 aromatic heterocycles. The Kier molecular flexibility index (Phi) is 8.15. The van der Waals surface area contributed by atoms with Crippen LogP contribution in [-0.4, -0.2) is 93.9 Å². The molecule has 5 heterocycles. The molecule has 2 bridgehead atoms. The van der Waals surface area contributed by atoms with Gasteiger partial charge in [-0.2, -0.15) is 0 Å². The minimum Gasteiger partial charge on any atom is -0.451 e. The largest absolute Gasteiger partial charge is 0.451 e. The predicted molar refractivity (Wildman–Crippen MR) is 167 cm³/mol. The summed E-state index contributed by atoms with van der Waals surface area (Å²) in [6.07, 6.45) is 8.22. The number of likely N-dealkylation sites (tertiary alicyclic amines) is 1. The zero-order chi connectivity index (χ0) is 31.3. The van der Waals surface area contributed by atoms with Crippen LogP contribution in [0.5, 0.6) is 11.5 Å². The van der Waals surface area contributed by atoms with Gasteiger partial charge in [-0.3, -0.25) is 14.5 Å². The van der Waals surface area contributed by atoms with Gasteiger partial charge in [-0.25, -0.2) is 14.4 Å². The lowest BCUT2D eigenvalue weighted by Gasteiger charge is -2.56. The zero-order valence-electron chi connectivity index (χ0n) is 26.6. The summed E-state index contributed by atoms with van der Waals surface area (Å²) in [6.45, 7) is 15.2. The lowest BCUT2D eigenvalue weighted by Crippen LogP contribution is -2.64. The minimum absolute atomic E-state index is 0.0635. The number of ether oxygens (including phenoxy) is 1. The Morgan fingerprint density at radius 3 is 2.45 bits per heavy atom. The number of carbonyl (C=O) groups is 2. The summed E-state index contributed by atoms with van der Waals surface area (Å²) in [5.74, 6) is 1.09. The standard InChI is InChI=1S/C34H45FN6O3/c1-21(2)41(22(3)4)32(42)27-16-24(35)7-10-28(27)44-29-17-36-20-37-31(29)40-18-34(19-40)11-13-39(14-12-34)33(43)30-26-9-8-25(38(30)6)15-23(26)5/h7,10,16-17,20-22,25-26,30H,5,8-9,11-15,18-19H2,1-4,6H3/t25?,26-,30+/m1/s1. The summed E-state index contributed by atoms with van der Waals surface area (Å²) in [5.41, 5.74) is 1.53. The summed E-state index contributed by atoms with van der Waals surface area (Å²) < 4.78 is 20.6. The number of likely N-dealkylation sites (N-methyl/N-ethyl adjacent to an activating group) is 1. The molecule has 3 atom stereocenters. The quantitative estimate of drug-likeness (QED) is 0.405. The molecule has 5 fully saturated rings. The van der Waals surface area contributed by atoms with E-state index in [1.807, 2.05) is 27.7 Å². The SMILES string of the molecule is C=C1CC2CC[C@H]1[C@@H](C(=O)N1CCC3(CC1)CN(c1ncncc1Oc1ccc(F)cc1C(=O)N(C(C)C)C(C)C)C3)N2C. The molecule has 44 heavy (non-hydrogen) atoms. The first-order valence-electron chi connectivity index (χ1n) is 16.0. The van der Waals surface area contributed by atoms with Crippen molar-refractivity contribution in [2.24, 2.45) is 11.3 Å². The van der Waals surface area contributed by atoms with E-state index in [4.69, 9.17) is 4.74 Å². The third kappa shape index (κ3) is 5.46. The van der Waals surface area contributed by atoms with E-state index in [-0.39, 0.29) is 52.6 Å². The molecule has 4 saturated heterocycles. The van der Waals surface area contributed by atoms with Crippen molar-refractivity contribution in [3.8, 4) is 11.5 Å². The molecular formula is C34H45FN6O3. The Labute approximate surface area is 260 Å². The third-order valence-corrected chi connectivity index (χ3v) is 10.4. The van der Waals surface area contributed by atoms with Crippen molar-refractivity contribution in [2.45, 2.75) is 84.0 Å². The Morgan fingerprint density at radius 2 is 1.80 bits per heavy atom. The number of halogens is 1. The first kappa shape index (κ1) is 30.5. The fourth-order valence-electron chi connectivity index (χ4n) is 8.04. The van der Waals surface area contributed by atoms with Crippen molar-refractivity contribution < 1.29 is 18.7 Å². The van der Waals surface area contributed by atoms with Crippen molar-refractivity contribution in [2.75, 3.05) is 38.1 Å². The second-order valence-electron chi connectivity index (χ2n) is 13.8. The van der Waals surface area contributed by atoms with Gasteiger partial charge in [-0.15, -0.1) is 0 Å². The molecule has 0 radical (unpaired) electrons. The topological polar surface area (TPSA) is 82.1 Å². The van der Waals surface area contributed by atoms with Crippen LogP contribution in [0.3, 0.4) is 0 Å². The molecule has 1 aromatic carbocycles. The number of rotatable bonds is 7. The predicted octanol–water partition coefficient (Wildman–Crippen LogP) is 5.13. The van der Waals surface area contributed by atoms with Gasteiger partial charge in [0, 0.05) is 55.6 Å². The molecular weight excluding hydrogens is 559 g/mol. The molecule has 10 heteroatoms.